The van der Waals surface area contributed by atoms with Gasteiger partial charge in [0, 0.05) is 19.0 Å². The molecule has 128 valence electrons. The Morgan fingerprint density at radius 1 is 1.46 bits per heavy atom. The molecule has 0 spiro atoms. The minimum Gasteiger partial charge on any atom is -0.354 e. The second-order valence-corrected chi connectivity index (χ2v) is 6.65. The molecule has 2 N–H and O–H groups in total. The molecule has 1 atom stereocenters. The number of carbonyl (C=O) groups excluding carboxylic acids is 2. The summed E-state index contributed by atoms with van der Waals surface area (Å²) in [7, 11) is 0. The lowest BCUT2D eigenvalue weighted by Crippen LogP contribution is -2.42. The molecule has 0 aliphatic carbocycles. The van der Waals surface area contributed by atoms with Crippen molar-refractivity contribution in [3.8, 4) is 0 Å². The number of hydrogen-bond donors (Lipinski definition) is 2. The predicted octanol–water partition coefficient (Wildman–Crippen LogP) is 1.86. The normalized spacial score (nSPS) is 17.5. The Morgan fingerprint density at radius 2 is 2.25 bits per heavy atom. The average molecular weight is 328 g/mol. The molecule has 0 bridgehead atoms. The number of benzene rings is 1. The van der Waals surface area contributed by atoms with Crippen LogP contribution < -0.4 is 10.6 Å². The quantitative estimate of drug-likeness (QED) is 0.880. The second kappa shape index (κ2) is 6.63. The third-order valence-corrected chi connectivity index (χ3v) is 4.47. The van der Waals surface area contributed by atoms with Gasteiger partial charge in [-0.25, -0.2) is 4.98 Å². The van der Waals surface area contributed by atoms with Crippen LogP contribution >= 0.6 is 0 Å². The van der Waals surface area contributed by atoms with Gasteiger partial charge in [0.15, 0.2) is 0 Å². The minimum atomic E-state index is -0.371. The highest BCUT2D eigenvalue weighted by molar-refractivity contribution is 5.90. The third kappa shape index (κ3) is 3.27. The molecule has 24 heavy (non-hydrogen) atoms. The molecule has 2 aromatic rings. The number of nitrogens with one attached hydrogen (secondary N) is 2. The molecule has 2 heterocycles. The molecule has 1 unspecified atom stereocenters. The SMILES string of the molecule is Cc1nc2cc(CCNC(=O)C3CCC(=O)N3)ccc2n1C(C)C. The molecule has 1 fully saturated rings. The van der Waals surface area contributed by atoms with Gasteiger partial charge in [0.05, 0.1) is 11.0 Å². The van der Waals surface area contributed by atoms with Crippen molar-refractivity contribution in [1.82, 2.24) is 20.2 Å². The molecule has 1 aromatic heterocycles. The first-order chi connectivity index (χ1) is 11.5. The van der Waals surface area contributed by atoms with Crippen LogP contribution in [0.2, 0.25) is 0 Å². The standard InChI is InChI=1S/C18H24N4O2/c1-11(2)22-12(3)20-15-10-13(4-6-16(15)22)8-9-19-18(24)14-5-7-17(23)21-14/h4,6,10-11,14H,5,7-9H2,1-3H3,(H,19,24)(H,21,23). The maximum Gasteiger partial charge on any atom is 0.242 e. The summed E-state index contributed by atoms with van der Waals surface area (Å²) < 4.78 is 2.23. The summed E-state index contributed by atoms with van der Waals surface area (Å²) in [6.45, 7) is 6.88. The maximum absolute atomic E-state index is 12.0. The van der Waals surface area contributed by atoms with E-state index in [1.54, 1.807) is 0 Å². The highest BCUT2D eigenvalue weighted by Crippen LogP contribution is 2.21. The zero-order valence-corrected chi connectivity index (χ0v) is 14.4. The Morgan fingerprint density at radius 3 is 2.92 bits per heavy atom. The van der Waals surface area contributed by atoms with Crippen molar-refractivity contribution < 1.29 is 9.59 Å². The zero-order chi connectivity index (χ0) is 17.3. The first-order valence-electron chi connectivity index (χ1n) is 8.50. The number of aromatic nitrogens is 2. The monoisotopic (exact) mass is 328 g/mol. The molecular formula is C18H24N4O2. The number of imidazole rings is 1. The fraction of sp³-hybridized carbons (Fsp3) is 0.500. The van der Waals surface area contributed by atoms with E-state index in [1.165, 1.54) is 0 Å². The van der Waals surface area contributed by atoms with Gasteiger partial charge in [0.25, 0.3) is 0 Å². The van der Waals surface area contributed by atoms with E-state index < -0.39 is 0 Å². The number of aryl methyl sites for hydroxylation is 1. The topological polar surface area (TPSA) is 76.0 Å². The van der Waals surface area contributed by atoms with Crippen molar-refractivity contribution in [2.24, 2.45) is 0 Å². The van der Waals surface area contributed by atoms with E-state index in [0.717, 1.165) is 28.8 Å². The summed E-state index contributed by atoms with van der Waals surface area (Å²) in [5, 5.41) is 5.58. The zero-order valence-electron chi connectivity index (χ0n) is 14.4. The van der Waals surface area contributed by atoms with Crippen LogP contribution in [0.5, 0.6) is 0 Å². The van der Waals surface area contributed by atoms with E-state index in [4.69, 9.17) is 0 Å². The van der Waals surface area contributed by atoms with E-state index in [9.17, 15) is 9.59 Å². The van der Waals surface area contributed by atoms with Crippen LogP contribution in [0.3, 0.4) is 0 Å². The molecule has 1 aromatic carbocycles. The van der Waals surface area contributed by atoms with Crippen molar-refractivity contribution in [2.75, 3.05) is 6.54 Å². The van der Waals surface area contributed by atoms with Crippen LogP contribution in [0.1, 0.15) is 44.1 Å². The molecule has 6 heteroatoms. The van der Waals surface area contributed by atoms with Crippen molar-refractivity contribution in [2.45, 2.75) is 52.1 Å². The highest BCUT2D eigenvalue weighted by atomic mass is 16.2. The lowest BCUT2D eigenvalue weighted by molar-refractivity contribution is -0.125. The van der Waals surface area contributed by atoms with Crippen LogP contribution in [0, 0.1) is 6.92 Å². The molecule has 3 rings (SSSR count). The number of fused-ring (bicyclic) bond motifs is 1. The van der Waals surface area contributed by atoms with Crippen LogP contribution in [0.4, 0.5) is 0 Å². The summed E-state index contributed by atoms with van der Waals surface area (Å²) in [5.74, 6) is 0.876. The van der Waals surface area contributed by atoms with Crippen molar-refractivity contribution >= 4 is 22.8 Å². The average Bonchev–Trinajstić information content (AvgIpc) is 3.09. The predicted molar refractivity (Wildman–Crippen MR) is 92.7 cm³/mol. The van der Waals surface area contributed by atoms with Crippen LogP contribution in [0.25, 0.3) is 11.0 Å². The third-order valence-electron chi connectivity index (χ3n) is 4.47. The first kappa shape index (κ1) is 16.5. The van der Waals surface area contributed by atoms with E-state index in [1.807, 2.05) is 6.92 Å². The number of hydrogen-bond acceptors (Lipinski definition) is 3. The molecule has 2 amide bonds. The van der Waals surface area contributed by atoms with Gasteiger partial charge in [-0.05, 0) is 51.3 Å². The van der Waals surface area contributed by atoms with Crippen molar-refractivity contribution in [3.05, 3.63) is 29.6 Å². The summed E-state index contributed by atoms with van der Waals surface area (Å²) in [6, 6.07) is 6.28. The van der Waals surface area contributed by atoms with E-state index in [2.05, 4.69) is 52.2 Å². The Kier molecular flexibility index (Phi) is 4.55. The van der Waals surface area contributed by atoms with Gasteiger partial charge in [-0.3, -0.25) is 9.59 Å². The van der Waals surface area contributed by atoms with E-state index in [0.29, 0.717) is 25.4 Å². The molecule has 1 aliphatic rings. The van der Waals surface area contributed by atoms with Gasteiger partial charge in [0.1, 0.15) is 11.9 Å². The van der Waals surface area contributed by atoms with Gasteiger partial charge in [-0.2, -0.15) is 0 Å². The molecule has 1 aliphatic heterocycles. The summed E-state index contributed by atoms with van der Waals surface area (Å²) in [6.07, 6.45) is 1.77. The van der Waals surface area contributed by atoms with Gasteiger partial charge in [-0.1, -0.05) is 6.07 Å². The molecule has 0 radical (unpaired) electrons. The van der Waals surface area contributed by atoms with Gasteiger partial charge in [-0.15, -0.1) is 0 Å². The Balaban J connectivity index is 1.62. The lowest BCUT2D eigenvalue weighted by Gasteiger charge is -2.12. The number of amides is 2. The highest BCUT2D eigenvalue weighted by Gasteiger charge is 2.26. The van der Waals surface area contributed by atoms with E-state index >= 15 is 0 Å². The molecular weight excluding hydrogens is 304 g/mol. The fourth-order valence-corrected chi connectivity index (χ4v) is 3.34. The number of carbonyl (C=O) groups is 2. The van der Waals surface area contributed by atoms with Gasteiger partial charge < -0.3 is 15.2 Å². The van der Waals surface area contributed by atoms with Crippen LogP contribution in [-0.2, 0) is 16.0 Å². The summed E-state index contributed by atoms with van der Waals surface area (Å²) in [4.78, 5) is 27.8. The molecule has 6 nitrogen and oxygen atoms in total. The largest absolute Gasteiger partial charge is 0.354 e. The Hall–Kier alpha value is -2.37. The number of nitrogens with zero attached hydrogens (tertiary/aromatic N) is 2. The summed E-state index contributed by atoms with van der Waals surface area (Å²) >= 11 is 0. The van der Waals surface area contributed by atoms with Gasteiger partial charge in [0.2, 0.25) is 11.8 Å². The van der Waals surface area contributed by atoms with Crippen molar-refractivity contribution in [3.63, 3.8) is 0 Å². The van der Waals surface area contributed by atoms with Crippen LogP contribution in [0.15, 0.2) is 18.2 Å². The fourth-order valence-electron chi connectivity index (χ4n) is 3.34. The summed E-state index contributed by atoms with van der Waals surface area (Å²) in [5.41, 5.74) is 3.28. The van der Waals surface area contributed by atoms with E-state index in [-0.39, 0.29) is 17.9 Å². The minimum absolute atomic E-state index is 0.0447. The second-order valence-electron chi connectivity index (χ2n) is 6.65. The van der Waals surface area contributed by atoms with Crippen molar-refractivity contribution in [1.29, 1.82) is 0 Å². The first-order valence-corrected chi connectivity index (χ1v) is 8.50. The maximum atomic E-state index is 12.0. The Labute approximate surface area is 141 Å². The van der Waals surface area contributed by atoms with Crippen LogP contribution in [-0.4, -0.2) is 34.0 Å². The molecule has 0 saturated carbocycles. The molecule has 1 saturated heterocycles. The lowest BCUT2D eigenvalue weighted by atomic mass is 10.1. The Bertz CT molecular complexity index is 779. The smallest absolute Gasteiger partial charge is 0.242 e. The van der Waals surface area contributed by atoms with Gasteiger partial charge >= 0.3 is 0 Å². The number of rotatable bonds is 5.